The summed E-state index contributed by atoms with van der Waals surface area (Å²) in [4.78, 5) is 12.9. The maximum Gasteiger partial charge on any atom is 0.343 e. The summed E-state index contributed by atoms with van der Waals surface area (Å²) in [7, 11) is -5.27. The molecule has 0 aliphatic rings. The quantitative estimate of drug-likeness (QED) is 0.0329. The third-order valence-corrected chi connectivity index (χ3v) is 20.2. The minimum absolute atomic E-state index is 0.117. The molecule has 0 saturated heterocycles. The van der Waals surface area contributed by atoms with Gasteiger partial charge in [-0.2, -0.15) is 0 Å². The van der Waals surface area contributed by atoms with Crippen molar-refractivity contribution in [1.82, 2.24) is 0 Å². The predicted octanol–water partition coefficient (Wildman–Crippen LogP) is 14.7. The molecule has 1 unspecified atom stereocenters. The number of unbranched alkanes of at least 4 members (excludes halogenated alkanes) is 11. The predicted molar refractivity (Wildman–Crippen MR) is 242 cm³/mol. The number of hydrogen-bond acceptors (Lipinski definition) is 6. The lowest BCUT2D eigenvalue weighted by Gasteiger charge is -2.37. The summed E-state index contributed by atoms with van der Waals surface area (Å²) in [5, 5.41) is 0. The van der Waals surface area contributed by atoms with Crippen LogP contribution in [0.4, 0.5) is 0 Å². The Balaban J connectivity index is 1.27. The zero-order valence-electron chi connectivity index (χ0n) is 35.6. The van der Waals surface area contributed by atoms with Gasteiger partial charge >= 0.3 is 14.5 Å². The number of ether oxygens (including phenoxy) is 3. The third-order valence-electron chi connectivity index (χ3n) is 9.48. The first-order valence-corrected chi connectivity index (χ1v) is 31.1. The molecule has 0 saturated carbocycles. The van der Waals surface area contributed by atoms with E-state index in [-0.39, 0.29) is 6.10 Å². The average molecular weight is 872 g/mol. The molecule has 0 heterocycles. The molecule has 0 fully saturated rings. The minimum Gasteiger partial charge on any atom is -0.494 e. The Morgan fingerprint density at radius 1 is 0.655 bits per heavy atom. The van der Waals surface area contributed by atoms with Gasteiger partial charge in [0.25, 0.3) is 0 Å². The van der Waals surface area contributed by atoms with Gasteiger partial charge in [0.05, 0.1) is 22.7 Å². The van der Waals surface area contributed by atoms with Crippen molar-refractivity contribution in [2.75, 3.05) is 6.61 Å². The lowest BCUT2D eigenvalue weighted by atomic mass is 10.1. The Labute approximate surface area is 346 Å². The second-order valence-corrected chi connectivity index (χ2v) is 30.6. The minimum atomic E-state index is -2.03. The largest absolute Gasteiger partial charge is 0.494 e. The summed E-state index contributed by atoms with van der Waals surface area (Å²) >= 11 is 3.57. The molecule has 0 amide bonds. The van der Waals surface area contributed by atoms with Gasteiger partial charge in [-0.25, -0.2) is 4.79 Å². The van der Waals surface area contributed by atoms with Crippen molar-refractivity contribution in [3.05, 3.63) is 76.8 Å². The highest BCUT2D eigenvalue weighted by molar-refractivity contribution is 9.10. The fraction of sp³-hybridized carbons (Fsp3) is 0.578. The van der Waals surface area contributed by atoms with E-state index in [1.54, 1.807) is 12.1 Å². The van der Waals surface area contributed by atoms with Crippen molar-refractivity contribution in [2.45, 2.75) is 162 Å². The van der Waals surface area contributed by atoms with Gasteiger partial charge in [-0.05, 0) is 148 Å². The van der Waals surface area contributed by atoms with Crippen LogP contribution < -0.4 is 14.2 Å². The highest BCUT2D eigenvalue weighted by Crippen LogP contribution is 2.30. The standard InChI is InChI=1S/C45H71BrO6Si3/c1-10-11-12-20-23-37(2)49-44-33-28-40(36-43(44)46)45(47)50-42-31-26-39(27-32-42)38-24-29-41(30-25-38)48-34-21-18-16-14-13-15-17-19-22-35-54(6,7)52-55(8,9)51-53(3,4)5/h24-33,36-37H,10-23,34-35H2,1-9H3. The van der Waals surface area contributed by atoms with Crippen molar-refractivity contribution in [3.8, 4) is 28.4 Å². The molecule has 3 rings (SSSR count). The molecule has 0 aromatic heterocycles. The van der Waals surface area contributed by atoms with E-state index in [0.717, 1.165) is 53.0 Å². The normalized spacial score (nSPS) is 12.8. The Bertz CT molecular complexity index is 1540. The van der Waals surface area contributed by atoms with Gasteiger partial charge in [-0.1, -0.05) is 102 Å². The highest BCUT2D eigenvalue weighted by Gasteiger charge is 2.37. The van der Waals surface area contributed by atoms with Crippen molar-refractivity contribution in [1.29, 1.82) is 0 Å². The molecule has 0 aliphatic carbocycles. The van der Waals surface area contributed by atoms with Crippen LogP contribution in [0.3, 0.4) is 0 Å². The molecule has 1 atom stereocenters. The zero-order chi connectivity index (χ0) is 40.3. The smallest absolute Gasteiger partial charge is 0.343 e. The summed E-state index contributed by atoms with van der Waals surface area (Å²) in [5.41, 5.74) is 2.60. The Kier molecular flexibility index (Phi) is 20.5. The first kappa shape index (κ1) is 47.2. The number of carbonyl (C=O) groups excluding carboxylic acids is 1. The molecule has 6 nitrogen and oxygen atoms in total. The fourth-order valence-corrected chi connectivity index (χ4v) is 20.8. The molecule has 55 heavy (non-hydrogen) atoms. The van der Waals surface area contributed by atoms with E-state index in [4.69, 9.17) is 22.4 Å². The van der Waals surface area contributed by atoms with Crippen LogP contribution >= 0.6 is 15.9 Å². The summed E-state index contributed by atoms with van der Waals surface area (Å²) in [6.07, 6.45) is 17.5. The second-order valence-electron chi connectivity index (χ2n) is 17.1. The van der Waals surface area contributed by atoms with E-state index in [1.165, 1.54) is 76.7 Å². The van der Waals surface area contributed by atoms with Gasteiger partial charge < -0.3 is 22.4 Å². The molecular weight excluding hydrogens is 801 g/mol. The maximum absolute atomic E-state index is 12.9. The average Bonchev–Trinajstić information content (AvgIpc) is 3.10. The fourth-order valence-electron chi connectivity index (χ4n) is 7.04. The molecule has 3 aromatic carbocycles. The SMILES string of the molecule is CCCCCCC(C)Oc1ccc(C(=O)Oc2ccc(-c3ccc(OCCCCCCCCCCC[Si](C)(C)O[Si](C)(C)O[Si](C)(C)C)cc3)cc2)cc1Br. The van der Waals surface area contributed by atoms with E-state index in [9.17, 15) is 4.79 Å². The molecular formula is C45H71BrO6Si3. The van der Waals surface area contributed by atoms with Crippen LogP contribution in [0.2, 0.25) is 51.9 Å². The van der Waals surface area contributed by atoms with Crippen molar-refractivity contribution in [3.63, 3.8) is 0 Å². The summed E-state index contributed by atoms with van der Waals surface area (Å²) < 4.78 is 31.6. The Morgan fingerprint density at radius 3 is 1.76 bits per heavy atom. The van der Waals surface area contributed by atoms with Crippen LogP contribution in [0.1, 0.15) is 114 Å². The highest BCUT2D eigenvalue weighted by atomic mass is 79.9. The van der Waals surface area contributed by atoms with Gasteiger partial charge in [0.1, 0.15) is 17.2 Å². The van der Waals surface area contributed by atoms with E-state index < -0.39 is 31.2 Å². The van der Waals surface area contributed by atoms with Gasteiger partial charge in [0.15, 0.2) is 16.6 Å². The molecule has 0 radical (unpaired) electrons. The molecule has 3 aromatic rings. The van der Waals surface area contributed by atoms with Crippen molar-refractivity contribution < 1.29 is 27.2 Å². The van der Waals surface area contributed by atoms with Crippen LogP contribution in [0.5, 0.6) is 17.2 Å². The van der Waals surface area contributed by atoms with Crippen LogP contribution in [0.15, 0.2) is 71.2 Å². The van der Waals surface area contributed by atoms with Gasteiger partial charge in [-0.15, -0.1) is 0 Å². The van der Waals surface area contributed by atoms with Crippen LogP contribution in [0, 0.1) is 0 Å². The molecule has 0 N–H and O–H groups in total. The van der Waals surface area contributed by atoms with Crippen molar-refractivity contribution in [2.24, 2.45) is 0 Å². The number of rotatable bonds is 27. The van der Waals surface area contributed by atoms with E-state index in [1.807, 2.05) is 42.5 Å². The van der Waals surface area contributed by atoms with Crippen LogP contribution in [-0.2, 0) is 8.23 Å². The van der Waals surface area contributed by atoms with Crippen LogP contribution in [0.25, 0.3) is 11.1 Å². The third kappa shape index (κ3) is 19.7. The zero-order valence-corrected chi connectivity index (χ0v) is 40.2. The molecule has 10 heteroatoms. The lowest BCUT2D eigenvalue weighted by Crippen LogP contribution is -2.51. The molecule has 0 bridgehead atoms. The van der Waals surface area contributed by atoms with E-state index in [2.05, 4.69) is 87.7 Å². The summed E-state index contributed by atoms with van der Waals surface area (Å²) in [6, 6.07) is 22.4. The lowest BCUT2D eigenvalue weighted by molar-refractivity contribution is 0.0734. The molecule has 0 spiro atoms. The van der Waals surface area contributed by atoms with Crippen molar-refractivity contribution >= 4 is 47.1 Å². The number of benzene rings is 3. The topological polar surface area (TPSA) is 63.2 Å². The second kappa shape index (κ2) is 23.9. The first-order chi connectivity index (χ1) is 26.1. The maximum atomic E-state index is 12.9. The molecule has 0 aliphatic heterocycles. The summed E-state index contributed by atoms with van der Waals surface area (Å²) in [6.45, 7) is 21.0. The van der Waals surface area contributed by atoms with Crippen LogP contribution in [-0.4, -0.2) is 43.9 Å². The number of hydrogen-bond donors (Lipinski definition) is 0. The number of esters is 1. The first-order valence-electron chi connectivity index (χ1n) is 21.0. The van der Waals surface area contributed by atoms with Gasteiger partial charge in [-0.3, -0.25) is 0 Å². The number of halogens is 1. The van der Waals surface area contributed by atoms with E-state index >= 15 is 0 Å². The molecule has 306 valence electrons. The monoisotopic (exact) mass is 870 g/mol. The Morgan fingerprint density at radius 2 is 1.20 bits per heavy atom. The summed E-state index contributed by atoms with van der Waals surface area (Å²) in [5.74, 6) is 1.73. The van der Waals surface area contributed by atoms with E-state index in [0.29, 0.717) is 11.3 Å². The van der Waals surface area contributed by atoms with Gasteiger partial charge in [0, 0.05) is 0 Å². The Hall–Kier alpha value is -2.22. The number of carbonyl (C=O) groups is 1. The van der Waals surface area contributed by atoms with Gasteiger partial charge in [0.2, 0.25) is 0 Å².